The lowest BCUT2D eigenvalue weighted by atomic mass is 9.99. The van der Waals surface area contributed by atoms with E-state index in [1.54, 1.807) is 0 Å². The van der Waals surface area contributed by atoms with Gasteiger partial charge >= 0.3 is 0 Å². The zero-order chi connectivity index (χ0) is 22.9. The van der Waals surface area contributed by atoms with Gasteiger partial charge < -0.3 is 19.7 Å². The summed E-state index contributed by atoms with van der Waals surface area (Å²) in [4.78, 5) is 15.0. The van der Waals surface area contributed by atoms with Gasteiger partial charge in [0.15, 0.2) is 11.5 Å². The van der Waals surface area contributed by atoms with Gasteiger partial charge in [-0.25, -0.2) is 0 Å². The van der Waals surface area contributed by atoms with E-state index in [1.165, 1.54) is 18.5 Å². The van der Waals surface area contributed by atoms with E-state index >= 15 is 0 Å². The van der Waals surface area contributed by atoms with Crippen molar-refractivity contribution in [1.82, 2.24) is 5.32 Å². The number of hydrogen-bond donors (Lipinski definition) is 1. The second-order valence-electron chi connectivity index (χ2n) is 8.72. The first kappa shape index (κ1) is 24.0. The lowest BCUT2D eigenvalue weighted by Crippen LogP contribution is -2.34. The molecule has 1 fully saturated rings. The Labute approximate surface area is 193 Å². The third kappa shape index (κ3) is 6.65. The maximum Gasteiger partial charge on any atom is 0.220 e. The van der Waals surface area contributed by atoms with Crippen molar-refractivity contribution in [1.29, 1.82) is 0 Å². The number of piperidine rings is 1. The third-order valence-electron chi connectivity index (χ3n) is 6.04. The van der Waals surface area contributed by atoms with Gasteiger partial charge in [0.1, 0.15) is 0 Å². The van der Waals surface area contributed by atoms with Gasteiger partial charge in [0.2, 0.25) is 5.91 Å². The number of benzene rings is 2. The summed E-state index contributed by atoms with van der Waals surface area (Å²) in [6.07, 6.45) is 3.68. The van der Waals surface area contributed by atoms with Crippen molar-refractivity contribution in [2.24, 2.45) is 5.92 Å². The maximum atomic E-state index is 12.6. The van der Waals surface area contributed by atoms with Crippen molar-refractivity contribution in [2.45, 2.75) is 59.4 Å². The zero-order valence-electron chi connectivity index (χ0n) is 20.0. The minimum Gasteiger partial charge on any atom is -0.490 e. The molecule has 5 nitrogen and oxygen atoms in total. The largest absolute Gasteiger partial charge is 0.490 e. The zero-order valence-corrected chi connectivity index (χ0v) is 20.0. The van der Waals surface area contributed by atoms with Crippen molar-refractivity contribution >= 4 is 11.6 Å². The molecule has 2 atom stereocenters. The van der Waals surface area contributed by atoms with E-state index < -0.39 is 0 Å². The quantitative estimate of drug-likeness (QED) is 0.530. The molecule has 2 aromatic carbocycles. The number of carbonyl (C=O) groups excluding carboxylic acids is 1. The van der Waals surface area contributed by atoms with Crippen LogP contribution in [0, 0.1) is 5.92 Å². The lowest BCUT2D eigenvalue weighted by molar-refractivity contribution is -0.121. The number of nitrogens with one attached hydrogen (secondary N) is 1. The summed E-state index contributed by atoms with van der Waals surface area (Å²) in [6, 6.07) is 14.5. The molecular formula is C27H38N2O3. The van der Waals surface area contributed by atoms with Gasteiger partial charge in [-0.2, -0.15) is 0 Å². The summed E-state index contributed by atoms with van der Waals surface area (Å²) in [6.45, 7) is 11.7. The Hall–Kier alpha value is -2.69. The molecule has 5 heteroatoms. The molecule has 0 saturated carbocycles. The molecule has 0 aliphatic carbocycles. The maximum absolute atomic E-state index is 12.6. The number of amides is 1. The monoisotopic (exact) mass is 438 g/mol. The van der Waals surface area contributed by atoms with E-state index in [-0.39, 0.29) is 11.9 Å². The van der Waals surface area contributed by atoms with E-state index in [9.17, 15) is 4.79 Å². The summed E-state index contributed by atoms with van der Waals surface area (Å²) < 4.78 is 11.3. The lowest BCUT2D eigenvalue weighted by Gasteiger charge is -2.33. The molecule has 1 N–H and O–H groups in total. The standard InChI is InChI=1S/C27H38N2O3/c1-5-31-25-15-9-22(18-26(25)32-6-2)10-16-27(30)28-21(4)23-11-13-24(14-12-23)29-17-7-8-20(3)19-29/h9,11-15,18,20-21H,5-8,10,16-17,19H2,1-4H3,(H,28,30)/t20-,21-/m1/s1. The third-order valence-corrected chi connectivity index (χ3v) is 6.04. The average Bonchev–Trinajstić information content (AvgIpc) is 2.79. The highest BCUT2D eigenvalue weighted by atomic mass is 16.5. The molecule has 174 valence electrons. The first-order valence-corrected chi connectivity index (χ1v) is 12.0. The number of hydrogen-bond acceptors (Lipinski definition) is 4. The summed E-state index contributed by atoms with van der Waals surface area (Å²) in [7, 11) is 0. The molecule has 0 aromatic heterocycles. The van der Waals surface area contributed by atoms with E-state index in [4.69, 9.17) is 9.47 Å². The molecule has 1 aliphatic rings. The van der Waals surface area contributed by atoms with Crippen LogP contribution in [0.25, 0.3) is 0 Å². The van der Waals surface area contributed by atoms with Gasteiger partial charge in [-0.3, -0.25) is 4.79 Å². The van der Waals surface area contributed by atoms with Crippen LogP contribution >= 0.6 is 0 Å². The van der Waals surface area contributed by atoms with E-state index in [1.807, 2.05) is 39.0 Å². The highest BCUT2D eigenvalue weighted by Gasteiger charge is 2.17. The number of nitrogens with zero attached hydrogens (tertiary/aromatic N) is 1. The molecule has 1 amide bonds. The first-order valence-electron chi connectivity index (χ1n) is 12.0. The Morgan fingerprint density at radius 1 is 1.09 bits per heavy atom. The Morgan fingerprint density at radius 3 is 2.50 bits per heavy atom. The molecule has 3 rings (SSSR count). The molecule has 0 unspecified atom stereocenters. The molecule has 1 aliphatic heterocycles. The van der Waals surface area contributed by atoms with Gasteiger partial charge in [-0.05, 0) is 81.3 Å². The normalized spacial score (nSPS) is 17.0. The summed E-state index contributed by atoms with van der Waals surface area (Å²) in [5, 5.41) is 3.14. The predicted molar refractivity (Wildman–Crippen MR) is 131 cm³/mol. The van der Waals surface area contributed by atoms with Gasteiger partial charge in [-0.15, -0.1) is 0 Å². The molecule has 1 heterocycles. The SMILES string of the molecule is CCOc1ccc(CCC(=O)N[C@H](C)c2ccc(N3CCC[C@@H](C)C3)cc2)cc1OCC. The van der Waals surface area contributed by atoms with Crippen LogP contribution in [0.5, 0.6) is 11.5 Å². The topological polar surface area (TPSA) is 50.8 Å². The molecule has 1 saturated heterocycles. The number of anilines is 1. The number of carbonyl (C=O) groups is 1. The minimum atomic E-state index is -0.0175. The van der Waals surface area contributed by atoms with Crippen LogP contribution in [0.1, 0.15) is 64.1 Å². The smallest absolute Gasteiger partial charge is 0.220 e. The Kier molecular flexibility index (Phi) is 8.83. The number of rotatable bonds is 10. The Morgan fingerprint density at radius 2 is 1.81 bits per heavy atom. The van der Waals surface area contributed by atoms with E-state index in [0.717, 1.165) is 41.6 Å². The van der Waals surface area contributed by atoms with Crippen LogP contribution in [0.3, 0.4) is 0 Å². The van der Waals surface area contributed by atoms with Crippen LogP contribution in [0.2, 0.25) is 0 Å². The predicted octanol–water partition coefficient (Wildman–Crippen LogP) is 5.53. The van der Waals surface area contributed by atoms with Gasteiger partial charge in [0, 0.05) is 25.2 Å². The highest BCUT2D eigenvalue weighted by molar-refractivity contribution is 5.76. The second-order valence-corrected chi connectivity index (χ2v) is 8.72. The van der Waals surface area contributed by atoms with E-state index in [0.29, 0.717) is 26.1 Å². The number of aryl methyl sites for hydroxylation is 1. The van der Waals surface area contributed by atoms with Gasteiger partial charge in [0.25, 0.3) is 0 Å². The van der Waals surface area contributed by atoms with Crippen LogP contribution in [0.15, 0.2) is 42.5 Å². The van der Waals surface area contributed by atoms with E-state index in [2.05, 4.69) is 41.4 Å². The van der Waals surface area contributed by atoms with Crippen LogP contribution in [-0.2, 0) is 11.2 Å². The molecule has 0 radical (unpaired) electrons. The van der Waals surface area contributed by atoms with Crippen LogP contribution in [-0.4, -0.2) is 32.2 Å². The fraction of sp³-hybridized carbons (Fsp3) is 0.519. The highest BCUT2D eigenvalue weighted by Crippen LogP contribution is 2.29. The fourth-order valence-electron chi connectivity index (χ4n) is 4.30. The van der Waals surface area contributed by atoms with Crippen LogP contribution < -0.4 is 19.7 Å². The summed E-state index contributed by atoms with van der Waals surface area (Å²) >= 11 is 0. The molecule has 32 heavy (non-hydrogen) atoms. The molecule has 0 bridgehead atoms. The molecular weight excluding hydrogens is 400 g/mol. The molecule has 2 aromatic rings. The molecule has 0 spiro atoms. The van der Waals surface area contributed by atoms with Crippen molar-refractivity contribution in [3.63, 3.8) is 0 Å². The van der Waals surface area contributed by atoms with Crippen LogP contribution in [0.4, 0.5) is 5.69 Å². The summed E-state index contributed by atoms with van der Waals surface area (Å²) in [5.41, 5.74) is 3.48. The van der Waals surface area contributed by atoms with Gasteiger partial charge in [0.05, 0.1) is 19.3 Å². The number of ether oxygens (including phenoxy) is 2. The van der Waals surface area contributed by atoms with Crippen molar-refractivity contribution in [3.05, 3.63) is 53.6 Å². The average molecular weight is 439 g/mol. The second kappa shape index (κ2) is 11.8. The van der Waals surface area contributed by atoms with Crippen molar-refractivity contribution < 1.29 is 14.3 Å². The van der Waals surface area contributed by atoms with Crippen molar-refractivity contribution in [3.8, 4) is 11.5 Å². The minimum absolute atomic E-state index is 0.0175. The Balaban J connectivity index is 1.52. The summed E-state index contributed by atoms with van der Waals surface area (Å²) in [5.74, 6) is 2.29. The Bertz CT molecular complexity index is 866. The first-order chi connectivity index (χ1) is 15.5. The van der Waals surface area contributed by atoms with Gasteiger partial charge in [-0.1, -0.05) is 25.1 Å². The fourth-order valence-corrected chi connectivity index (χ4v) is 4.30. The van der Waals surface area contributed by atoms with Crippen molar-refractivity contribution in [2.75, 3.05) is 31.2 Å².